The first-order chi connectivity index (χ1) is 10.1. The molecule has 1 aromatic rings. The van der Waals surface area contributed by atoms with Crippen LogP contribution >= 0.6 is 0 Å². The van der Waals surface area contributed by atoms with Crippen LogP contribution in [0, 0.1) is 0 Å². The Hall–Kier alpha value is -2.28. The van der Waals surface area contributed by atoms with E-state index < -0.39 is 12.0 Å². The number of aliphatic carboxylic acids is 1. The highest BCUT2D eigenvalue weighted by Gasteiger charge is 2.34. The van der Waals surface area contributed by atoms with Gasteiger partial charge in [-0.15, -0.1) is 0 Å². The Labute approximate surface area is 121 Å². The Morgan fingerprint density at radius 2 is 2.14 bits per heavy atom. The monoisotopic (exact) mass is 292 g/mol. The lowest BCUT2D eigenvalue weighted by atomic mass is 10.1. The summed E-state index contributed by atoms with van der Waals surface area (Å²) in [6.45, 7) is 0.830. The lowest BCUT2D eigenvalue weighted by molar-refractivity contribution is -0.146. The topological polar surface area (TPSA) is 88.1 Å². The second-order valence-corrected chi connectivity index (χ2v) is 5.09. The van der Waals surface area contributed by atoms with Crippen LogP contribution in [-0.2, 0) is 9.59 Å². The maximum absolute atomic E-state index is 11.5. The summed E-state index contributed by atoms with van der Waals surface area (Å²) in [7, 11) is 0. The quantitative estimate of drug-likeness (QED) is 0.796. The molecule has 1 fully saturated rings. The van der Waals surface area contributed by atoms with Gasteiger partial charge >= 0.3 is 5.97 Å². The number of carboxylic acids is 1. The van der Waals surface area contributed by atoms with Crippen LogP contribution in [0.2, 0.25) is 0 Å². The number of benzene rings is 1. The van der Waals surface area contributed by atoms with Gasteiger partial charge in [0, 0.05) is 13.1 Å². The molecule has 0 spiro atoms. The van der Waals surface area contributed by atoms with Gasteiger partial charge in [-0.1, -0.05) is 12.1 Å². The van der Waals surface area contributed by atoms with E-state index in [0.717, 1.165) is 0 Å². The number of ether oxygens (including phenoxy) is 2. The fourth-order valence-electron chi connectivity index (χ4n) is 2.54. The number of hydrogen-bond donors (Lipinski definition) is 2. The summed E-state index contributed by atoms with van der Waals surface area (Å²) in [5, 5.41) is 11.8. The van der Waals surface area contributed by atoms with E-state index >= 15 is 0 Å². The molecule has 2 heterocycles. The molecule has 7 nitrogen and oxygen atoms in total. The van der Waals surface area contributed by atoms with Gasteiger partial charge in [-0.25, -0.2) is 0 Å². The molecule has 2 unspecified atom stereocenters. The largest absolute Gasteiger partial charge is 0.486 e. The summed E-state index contributed by atoms with van der Waals surface area (Å²) in [4.78, 5) is 24.3. The number of nitrogens with one attached hydrogen (secondary N) is 1. The van der Waals surface area contributed by atoms with E-state index in [-0.39, 0.29) is 25.1 Å². The highest BCUT2D eigenvalue weighted by atomic mass is 16.6. The number of carbonyl (C=O) groups excluding carboxylic acids is 1. The average molecular weight is 292 g/mol. The van der Waals surface area contributed by atoms with Crippen molar-refractivity contribution in [2.24, 2.45) is 0 Å². The van der Waals surface area contributed by atoms with Crippen molar-refractivity contribution in [1.82, 2.24) is 10.2 Å². The zero-order valence-electron chi connectivity index (χ0n) is 11.3. The van der Waals surface area contributed by atoms with Gasteiger partial charge < -0.3 is 19.9 Å². The van der Waals surface area contributed by atoms with E-state index in [4.69, 9.17) is 9.47 Å². The van der Waals surface area contributed by atoms with Crippen LogP contribution in [0.25, 0.3) is 0 Å². The molecule has 1 aromatic carbocycles. The number of carbonyl (C=O) groups is 2. The molecule has 3 rings (SSSR count). The molecular weight excluding hydrogens is 276 g/mol. The number of hydrogen-bond acceptors (Lipinski definition) is 5. The van der Waals surface area contributed by atoms with E-state index in [0.29, 0.717) is 24.7 Å². The van der Waals surface area contributed by atoms with Crippen molar-refractivity contribution in [3.05, 3.63) is 24.3 Å². The lowest BCUT2D eigenvalue weighted by Gasteiger charge is -2.36. The van der Waals surface area contributed by atoms with Crippen LogP contribution < -0.4 is 14.8 Å². The van der Waals surface area contributed by atoms with Crippen LogP contribution in [0.15, 0.2) is 24.3 Å². The molecule has 2 atom stereocenters. The summed E-state index contributed by atoms with van der Waals surface area (Å²) in [6.07, 6.45) is -0.298. The molecule has 0 bridgehead atoms. The third-order valence-electron chi connectivity index (χ3n) is 3.57. The highest BCUT2D eigenvalue weighted by molar-refractivity contribution is 5.83. The van der Waals surface area contributed by atoms with E-state index in [1.807, 2.05) is 18.2 Å². The molecule has 7 heteroatoms. The highest BCUT2D eigenvalue weighted by Crippen LogP contribution is 2.31. The predicted molar refractivity (Wildman–Crippen MR) is 72.4 cm³/mol. The van der Waals surface area contributed by atoms with E-state index in [1.54, 1.807) is 11.0 Å². The van der Waals surface area contributed by atoms with Crippen molar-refractivity contribution < 1.29 is 24.2 Å². The van der Waals surface area contributed by atoms with Gasteiger partial charge in [-0.05, 0) is 12.1 Å². The maximum Gasteiger partial charge on any atom is 0.322 e. The van der Waals surface area contributed by atoms with Crippen molar-refractivity contribution in [2.75, 3.05) is 26.2 Å². The zero-order valence-corrected chi connectivity index (χ0v) is 11.3. The van der Waals surface area contributed by atoms with E-state index in [1.165, 1.54) is 0 Å². The number of piperazine rings is 1. The van der Waals surface area contributed by atoms with E-state index in [2.05, 4.69) is 5.32 Å². The second-order valence-electron chi connectivity index (χ2n) is 5.09. The zero-order chi connectivity index (χ0) is 14.8. The number of rotatable bonds is 3. The first-order valence-electron chi connectivity index (χ1n) is 6.75. The number of fused-ring (bicyclic) bond motifs is 1. The standard InChI is InChI=1S/C14H16N2O5/c17-13-7-16(10(5-15-13)14(18)19)6-9-8-20-11-3-1-2-4-12(11)21-9/h1-4,9-10H,5-8H2,(H,15,17)(H,18,19). The van der Waals surface area contributed by atoms with Gasteiger partial charge in [0.2, 0.25) is 5.91 Å². The van der Waals surface area contributed by atoms with Crippen LogP contribution in [0.5, 0.6) is 11.5 Å². The van der Waals surface area contributed by atoms with Gasteiger partial charge in [0.15, 0.2) is 11.5 Å². The Bertz CT molecular complexity index is 562. The first kappa shape index (κ1) is 13.7. The summed E-state index contributed by atoms with van der Waals surface area (Å²) >= 11 is 0. The van der Waals surface area contributed by atoms with Crippen molar-refractivity contribution in [3.8, 4) is 11.5 Å². The van der Waals surface area contributed by atoms with Gasteiger partial charge in [0.25, 0.3) is 0 Å². The molecule has 0 aliphatic carbocycles. The molecule has 1 saturated heterocycles. The summed E-state index contributed by atoms with van der Waals surface area (Å²) in [5.74, 6) is 0.193. The SMILES string of the molecule is O=C1CN(CC2COc3ccccc3O2)C(C(=O)O)CN1. The average Bonchev–Trinajstić information content (AvgIpc) is 2.47. The molecule has 21 heavy (non-hydrogen) atoms. The Kier molecular flexibility index (Phi) is 3.66. The Morgan fingerprint density at radius 3 is 2.90 bits per heavy atom. The number of para-hydroxylation sites is 2. The van der Waals surface area contributed by atoms with Gasteiger partial charge in [-0.2, -0.15) is 0 Å². The molecule has 2 N–H and O–H groups in total. The first-order valence-corrected chi connectivity index (χ1v) is 6.75. The fraction of sp³-hybridized carbons (Fsp3) is 0.429. The van der Waals surface area contributed by atoms with E-state index in [9.17, 15) is 14.7 Å². The van der Waals surface area contributed by atoms with Crippen LogP contribution in [0.4, 0.5) is 0 Å². The smallest absolute Gasteiger partial charge is 0.322 e. The Morgan fingerprint density at radius 1 is 1.38 bits per heavy atom. The van der Waals surface area contributed by atoms with Gasteiger partial charge in [0.05, 0.1) is 6.54 Å². The van der Waals surface area contributed by atoms with Crippen LogP contribution in [-0.4, -0.2) is 60.3 Å². The minimum Gasteiger partial charge on any atom is -0.486 e. The predicted octanol–water partition coefficient (Wildman–Crippen LogP) is -0.289. The van der Waals surface area contributed by atoms with Gasteiger partial charge in [0.1, 0.15) is 18.8 Å². The summed E-state index contributed by atoms with van der Waals surface area (Å²) in [6, 6.07) is 6.60. The summed E-state index contributed by atoms with van der Waals surface area (Å²) in [5.41, 5.74) is 0. The number of amides is 1. The fourth-order valence-corrected chi connectivity index (χ4v) is 2.54. The molecule has 0 radical (unpaired) electrons. The van der Waals surface area contributed by atoms with Crippen molar-refractivity contribution in [1.29, 1.82) is 0 Å². The molecule has 2 aliphatic rings. The molecule has 0 saturated carbocycles. The molecule has 2 aliphatic heterocycles. The minimum absolute atomic E-state index is 0.0540. The number of carboxylic acid groups (broad SMARTS) is 1. The van der Waals surface area contributed by atoms with Crippen LogP contribution in [0.3, 0.4) is 0 Å². The molecule has 0 aromatic heterocycles. The second kappa shape index (κ2) is 5.61. The third-order valence-corrected chi connectivity index (χ3v) is 3.57. The van der Waals surface area contributed by atoms with Crippen molar-refractivity contribution in [2.45, 2.75) is 12.1 Å². The maximum atomic E-state index is 11.5. The normalized spacial score (nSPS) is 25.2. The van der Waals surface area contributed by atoms with Crippen molar-refractivity contribution >= 4 is 11.9 Å². The van der Waals surface area contributed by atoms with Crippen LogP contribution in [0.1, 0.15) is 0 Å². The summed E-state index contributed by atoms with van der Waals surface area (Å²) < 4.78 is 11.4. The lowest BCUT2D eigenvalue weighted by Crippen LogP contribution is -2.59. The molecular formula is C14H16N2O5. The molecule has 1 amide bonds. The van der Waals surface area contributed by atoms with Gasteiger partial charge in [-0.3, -0.25) is 14.5 Å². The molecule has 112 valence electrons. The minimum atomic E-state index is -0.952. The number of nitrogens with zero attached hydrogens (tertiary/aromatic N) is 1. The Balaban J connectivity index is 1.68. The van der Waals surface area contributed by atoms with Crippen molar-refractivity contribution in [3.63, 3.8) is 0 Å². The third kappa shape index (κ3) is 2.92.